The maximum absolute atomic E-state index is 6.89. The molecule has 2 aliphatic heterocycles. The standard InChI is InChI=1S/C22H17ClN2/c1-15-14-18-12-13-24-21(16-8-4-2-5-9-16)19(18)20(23)22(25-15)17-10-6-3-7-11-17/h2-11,14H,1,12-13H2. The maximum atomic E-state index is 6.89. The Morgan fingerprint density at radius 3 is 2.08 bits per heavy atom. The number of benzene rings is 2. The highest BCUT2D eigenvalue weighted by Gasteiger charge is 2.26. The predicted octanol–water partition coefficient (Wildman–Crippen LogP) is 5.32. The normalized spacial score (nSPS) is 17.3. The van der Waals surface area contributed by atoms with Gasteiger partial charge in [0.25, 0.3) is 0 Å². The van der Waals surface area contributed by atoms with Gasteiger partial charge in [0.2, 0.25) is 0 Å². The van der Waals surface area contributed by atoms with Crippen LogP contribution < -0.4 is 0 Å². The molecule has 0 saturated carbocycles. The van der Waals surface area contributed by atoms with Crippen molar-refractivity contribution in [1.82, 2.24) is 0 Å². The molecule has 0 aliphatic carbocycles. The molecule has 25 heavy (non-hydrogen) atoms. The summed E-state index contributed by atoms with van der Waals surface area (Å²) in [4.78, 5) is 9.46. The quantitative estimate of drug-likeness (QED) is 0.704. The molecule has 0 unspecified atom stereocenters. The number of halogens is 1. The molecule has 0 atom stereocenters. The summed E-state index contributed by atoms with van der Waals surface area (Å²) < 4.78 is 0. The molecule has 3 heteroatoms. The summed E-state index contributed by atoms with van der Waals surface area (Å²) in [6.07, 6.45) is 2.88. The lowest BCUT2D eigenvalue weighted by Gasteiger charge is -2.21. The molecular formula is C22H17ClN2. The van der Waals surface area contributed by atoms with E-state index in [1.54, 1.807) is 0 Å². The summed E-state index contributed by atoms with van der Waals surface area (Å²) in [5, 5.41) is 0.637. The van der Waals surface area contributed by atoms with E-state index in [0.29, 0.717) is 5.03 Å². The van der Waals surface area contributed by atoms with Crippen molar-refractivity contribution in [2.24, 2.45) is 9.98 Å². The summed E-state index contributed by atoms with van der Waals surface area (Å²) in [6, 6.07) is 20.2. The molecule has 122 valence electrons. The van der Waals surface area contributed by atoms with Crippen LogP contribution in [0, 0.1) is 0 Å². The van der Waals surface area contributed by atoms with E-state index >= 15 is 0 Å². The lowest BCUT2D eigenvalue weighted by Crippen LogP contribution is -2.17. The minimum atomic E-state index is 0.637. The Morgan fingerprint density at radius 1 is 0.840 bits per heavy atom. The van der Waals surface area contributed by atoms with Crippen molar-refractivity contribution in [3.63, 3.8) is 0 Å². The highest BCUT2D eigenvalue weighted by atomic mass is 35.5. The smallest absolute Gasteiger partial charge is 0.0902 e. The number of nitrogens with zero attached hydrogens (tertiary/aromatic N) is 2. The number of aliphatic imine (C=N–C) groups is 2. The van der Waals surface area contributed by atoms with Crippen LogP contribution in [-0.2, 0) is 0 Å². The summed E-state index contributed by atoms with van der Waals surface area (Å²) in [5.74, 6) is 0. The first-order chi connectivity index (χ1) is 12.2. The molecule has 0 N–H and O–H groups in total. The van der Waals surface area contributed by atoms with Gasteiger partial charge in [-0.25, -0.2) is 4.99 Å². The van der Waals surface area contributed by atoms with Crippen molar-refractivity contribution in [1.29, 1.82) is 0 Å². The minimum absolute atomic E-state index is 0.637. The molecule has 4 rings (SSSR count). The zero-order chi connectivity index (χ0) is 17.2. The SMILES string of the molecule is C=C1C=C2CCN=C(c3ccccc3)C2=C(Cl)C(c2ccccc2)=N1. The zero-order valence-corrected chi connectivity index (χ0v) is 14.5. The van der Waals surface area contributed by atoms with Crippen LogP contribution in [0.15, 0.2) is 105 Å². The molecule has 0 fully saturated rings. The van der Waals surface area contributed by atoms with Crippen LogP contribution in [0.2, 0.25) is 0 Å². The Hall–Kier alpha value is -2.71. The van der Waals surface area contributed by atoms with Crippen LogP contribution >= 0.6 is 11.6 Å². The molecule has 2 aromatic carbocycles. The topological polar surface area (TPSA) is 24.7 Å². The fourth-order valence-electron chi connectivity index (χ4n) is 3.20. The average Bonchev–Trinajstić information content (AvgIpc) is 2.79. The third kappa shape index (κ3) is 3.01. The van der Waals surface area contributed by atoms with Gasteiger partial charge >= 0.3 is 0 Å². The first kappa shape index (κ1) is 15.8. The van der Waals surface area contributed by atoms with Crippen LogP contribution in [0.1, 0.15) is 17.5 Å². The molecule has 2 aliphatic rings. The van der Waals surface area contributed by atoms with Crippen LogP contribution in [0.5, 0.6) is 0 Å². The van der Waals surface area contributed by atoms with E-state index in [0.717, 1.165) is 52.4 Å². The molecule has 2 nitrogen and oxygen atoms in total. The Labute approximate surface area is 152 Å². The first-order valence-electron chi connectivity index (χ1n) is 8.28. The fraction of sp³-hybridized carbons (Fsp3) is 0.0909. The maximum Gasteiger partial charge on any atom is 0.0902 e. The molecule has 0 aromatic heterocycles. The van der Waals surface area contributed by atoms with E-state index in [2.05, 4.69) is 23.7 Å². The van der Waals surface area contributed by atoms with Gasteiger partial charge < -0.3 is 0 Å². The zero-order valence-electron chi connectivity index (χ0n) is 13.7. The third-order valence-corrected chi connectivity index (χ3v) is 4.70. The fourth-order valence-corrected chi connectivity index (χ4v) is 3.56. The summed E-state index contributed by atoms with van der Waals surface area (Å²) in [7, 11) is 0. The highest BCUT2D eigenvalue weighted by Crippen LogP contribution is 2.34. The Bertz CT molecular complexity index is 948. The highest BCUT2D eigenvalue weighted by molar-refractivity contribution is 6.49. The van der Waals surface area contributed by atoms with Gasteiger partial charge in [-0.1, -0.05) is 78.8 Å². The second-order valence-electron chi connectivity index (χ2n) is 6.02. The molecule has 0 bridgehead atoms. The van der Waals surface area contributed by atoms with E-state index < -0.39 is 0 Å². The van der Waals surface area contributed by atoms with Crippen molar-refractivity contribution in [2.45, 2.75) is 6.42 Å². The molecular weight excluding hydrogens is 328 g/mol. The Balaban J connectivity index is 1.93. The van der Waals surface area contributed by atoms with Crippen molar-refractivity contribution >= 4 is 23.0 Å². The summed E-state index contributed by atoms with van der Waals surface area (Å²) >= 11 is 6.89. The molecule has 0 saturated heterocycles. The molecule has 0 spiro atoms. The van der Waals surface area contributed by atoms with Gasteiger partial charge in [-0.05, 0) is 18.1 Å². The average molecular weight is 345 g/mol. The molecule has 2 aromatic rings. The number of hydrogen-bond donors (Lipinski definition) is 0. The lowest BCUT2D eigenvalue weighted by molar-refractivity contribution is 0.939. The second-order valence-corrected chi connectivity index (χ2v) is 6.40. The monoisotopic (exact) mass is 344 g/mol. The third-order valence-electron chi connectivity index (χ3n) is 4.33. The van der Waals surface area contributed by atoms with Crippen molar-refractivity contribution in [2.75, 3.05) is 6.54 Å². The number of fused-ring (bicyclic) bond motifs is 1. The van der Waals surface area contributed by atoms with Crippen molar-refractivity contribution < 1.29 is 0 Å². The summed E-state index contributed by atoms with van der Waals surface area (Å²) in [6.45, 7) is 4.83. The van der Waals surface area contributed by atoms with Crippen LogP contribution in [0.25, 0.3) is 0 Å². The van der Waals surface area contributed by atoms with Gasteiger partial charge in [-0.3, -0.25) is 4.99 Å². The van der Waals surface area contributed by atoms with Crippen molar-refractivity contribution in [3.8, 4) is 0 Å². The number of rotatable bonds is 2. The minimum Gasteiger partial charge on any atom is -0.284 e. The van der Waals surface area contributed by atoms with E-state index in [1.807, 2.05) is 54.6 Å². The van der Waals surface area contributed by atoms with Gasteiger partial charge in [-0.15, -0.1) is 0 Å². The van der Waals surface area contributed by atoms with Crippen molar-refractivity contribution in [3.05, 3.63) is 106 Å². The first-order valence-corrected chi connectivity index (χ1v) is 8.66. The number of allylic oxidation sites excluding steroid dienone is 3. The van der Waals surface area contributed by atoms with Crippen LogP contribution in [0.4, 0.5) is 0 Å². The Morgan fingerprint density at radius 2 is 1.44 bits per heavy atom. The van der Waals surface area contributed by atoms with Gasteiger partial charge in [0.15, 0.2) is 0 Å². The van der Waals surface area contributed by atoms with Gasteiger partial charge in [0.05, 0.1) is 22.2 Å². The second kappa shape index (κ2) is 6.66. The van der Waals surface area contributed by atoms with Gasteiger partial charge in [-0.2, -0.15) is 0 Å². The van der Waals surface area contributed by atoms with Crippen LogP contribution in [0.3, 0.4) is 0 Å². The summed E-state index contributed by atoms with van der Waals surface area (Å²) in [5.41, 5.74) is 6.57. The van der Waals surface area contributed by atoms with Crippen LogP contribution in [-0.4, -0.2) is 18.0 Å². The number of hydrogen-bond acceptors (Lipinski definition) is 2. The molecule has 0 radical (unpaired) electrons. The Kier molecular flexibility index (Phi) is 4.21. The van der Waals surface area contributed by atoms with Gasteiger partial charge in [0, 0.05) is 23.2 Å². The van der Waals surface area contributed by atoms with E-state index in [-0.39, 0.29) is 0 Å². The predicted molar refractivity (Wildman–Crippen MR) is 106 cm³/mol. The van der Waals surface area contributed by atoms with E-state index in [4.69, 9.17) is 16.6 Å². The van der Waals surface area contributed by atoms with Gasteiger partial charge in [0.1, 0.15) is 0 Å². The van der Waals surface area contributed by atoms with E-state index in [1.165, 1.54) is 0 Å². The lowest BCUT2D eigenvalue weighted by atomic mass is 9.89. The molecule has 0 amide bonds. The van der Waals surface area contributed by atoms with E-state index in [9.17, 15) is 0 Å². The molecule has 2 heterocycles. The largest absolute Gasteiger partial charge is 0.284 e.